The molecular formula is C17H22F2N2O3S. The highest BCUT2D eigenvalue weighted by molar-refractivity contribution is 7.99. The van der Waals surface area contributed by atoms with Crippen molar-refractivity contribution in [3.63, 3.8) is 0 Å². The van der Waals surface area contributed by atoms with Gasteiger partial charge in [0.1, 0.15) is 0 Å². The van der Waals surface area contributed by atoms with Crippen molar-refractivity contribution in [3.8, 4) is 0 Å². The summed E-state index contributed by atoms with van der Waals surface area (Å²) in [6.07, 6.45) is 1.57. The van der Waals surface area contributed by atoms with Crippen LogP contribution in [-0.4, -0.2) is 48.8 Å². The Morgan fingerprint density at radius 3 is 2.88 bits per heavy atom. The molecular weight excluding hydrogens is 350 g/mol. The van der Waals surface area contributed by atoms with Crippen LogP contribution in [0.5, 0.6) is 0 Å². The van der Waals surface area contributed by atoms with Crippen LogP contribution in [0.4, 0.5) is 14.5 Å². The number of thioether (sulfide) groups is 1. The molecule has 1 aromatic carbocycles. The zero-order valence-corrected chi connectivity index (χ0v) is 14.9. The second-order valence-electron chi connectivity index (χ2n) is 5.75. The lowest BCUT2D eigenvalue weighted by molar-refractivity contribution is -0.150. The summed E-state index contributed by atoms with van der Waals surface area (Å²) in [5, 5.41) is 2.68. The molecule has 138 valence electrons. The third-order valence-corrected chi connectivity index (χ3v) is 4.66. The van der Waals surface area contributed by atoms with E-state index in [1.807, 2.05) is 4.90 Å². The summed E-state index contributed by atoms with van der Waals surface area (Å²) >= 11 is 0.400. The van der Waals surface area contributed by atoms with Crippen LogP contribution in [0.15, 0.2) is 29.2 Å². The second kappa shape index (κ2) is 9.72. The van der Waals surface area contributed by atoms with Gasteiger partial charge in [-0.3, -0.25) is 14.5 Å². The van der Waals surface area contributed by atoms with Crippen molar-refractivity contribution in [1.82, 2.24) is 4.90 Å². The number of hydrogen-bond donors (Lipinski definition) is 1. The van der Waals surface area contributed by atoms with Crippen molar-refractivity contribution in [3.05, 3.63) is 24.3 Å². The molecule has 1 unspecified atom stereocenters. The van der Waals surface area contributed by atoms with E-state index in [-0.39, 0.29) is 24.3 Å². The zero-order chi connectivity index (χ0) is 18.2. The van der Waals surface area contributed by atoms with Gasteiger partial charge in [0.15, 0.2) is 0 Å². The highest BCUT2D eigenvalue weighted by Crippen LogP contribution is 2.31. The van der Waals surface area contributed by atoms with Crippen LogP contribution < -0.4 is 5.32 Å². The molecule has 0 bridgehead atoms. The van der Waals surface area contributed by atoms with Gasteiger partial charge < -0.3 is 10.1 Å². The van der Waals surface area contributed by atoms with E-state index >= 15 is 0 Å². The number of anilines is 1. The van der Waals surface area contributed by atoms with E-state index in [1.54, 1.807) is 31.2 Å². The molecule has 1 N–H and O–H groups in total. The number of carbonyl (C=O) groups excluding carboxylic acids is 2. The van der Waals surface area contributed by atoms with Crippen LogP contribution in [0.1, 0.15) is 19.8 Å². The van der Waals surface area contributed by atoms with Crippen molar-refractivity contribution in [2.75, 3.05) is 31.6 Å². The van der Waals surface area contributed by atoms with Gasteiger partial charge in [-0.2, -0.15) is 8.78 Å². The number of benzene rings is 1. The molecule has 1 aliphatic heterocycles. The molecule has 25 heavy (non-hydrogen) atoms. The van der Waals surface area contributed by atoms with Gasteiger partial charge >= 0.3 is 5.97 Å². The molecule has 1 aromatic rings. The number of carbonyl (C=O) groups is 2. The summed E-state index contributed by atoms with van der Waals surface area (Å²) in [4.78, 5) is 26.3. The summed E-state index contributed by atoms with van der Waals surface area (Å²) in [5.41, 5.74) is 0.372. The maximum absolute atomic E-state index is 12.6. The number of alkyl halides is 2. The SMILES string of the molecule is CCOC(=O)C1CCCN(CC(=O)Nc2ccccc2SC(F)F)C1. The van der Waals surface area contributed by atoms with Crippen molar-refractivity contribution in [1.29, 1.82) is 0 Å². The van der Waals surface area contributed by atoms with Gasteiger partial charge in [-0.15, -0.1) is 0 Å². The summed E-state index contributed by atoms with van der Waals surface area (Å²) < 4.78 is 30.2. The van der Waals surface area contributed by atoms with E-state index in [0.717, 1.165) is 19.4 Å². The van der Waals surface area contributed by atoms with Gasteiger partial charge in [0, 0.05) is 11.4 Å². The Hall–Kier alpha value is -1.67. The fourth-order valence-electron chi connectivity index (χ4n) is 2.81. The first kappa shape index (κ1) is 19.7. The third kappa shape index (κ3) is 6.28. The highest BCUT2D eigenvalue weighted by Gasteiger charge is 2.27. The van der Waals surface area contributed by atoms with E-state index in [1.165, 1.54) is 0 Å². The maximum atomic E-state index is 12.6. The van der Waals surface area contributed by atoms with Gasteiger partial charge in [-0.05, 0) is 38.4 Å². The maximum Gasteiger partial charge on any atom is 0.310 e. The molecule has 0 aromatic heterocycles. The molecule has 1 amide bonds. The highest BCUT2D eigenvalue weighted by atomic mass is 32.2. The monoisotopic (exact) mass is 372 g/mol. The smallest absolute Gasteiger partial charge is 0.310 e. The molecule has 1 aliphatic rings. The van der Waals surface area contributed by atoms with E-state index in [0.29, 0.717) is 35.5 Å². The molecule has 8 heteroatoms. The summed E-state index contributed by atoms with van der Waals surface area (Å²) in [6.45, 7) is 3.41. The predicted molar refractivity (Wildman–Crippen MR) is 92.7 cm³/mol. The third-order valence-electron chi connectivity index (χ3n) is 3.87. The van der Waals surface area contributed by atoms with Crippen LogP contribution >= 0.6 is 11.8 Å². The largest absolute Gasteiger partial charge is 0.466 e. The minimum absolute atomic E-state index is 0.115. The first-order valence-corrected chi connectivity index (χ1v) is 9.10. The second-order valence-corrected chi connectivity index (χ2v) is 6.78. The fraction of sp³-hybridized carbons (Fsp3) is 0.529. The minimum Gasteiger partial charge on any atom is -0.466 e. The van der Waals surface area contributed by atoms with Crippen LogP contribution in [0, 0.1) is 5.92 Å². The lowest BCUT2D eigenvalue weighted by Crippen LogP contribution is -2.43. The Labute approximate surface area is 150 Å². The number of ether oxygens (including phenoxy) is 1. The number of amides is 1. The molecule has 1 atom stereocenters. The number of halogens is 2. The quantitative estimate of drug-likeness (QED) is 0.588. The number of para-hydroxylation sites is 1. The Balaban J connectivity index is 1.91. The van der Waals surface area contributed by atoms with Crippen LogP contribution in [0.3, 0.4) is 0 Å². The van der Waals surface area contributed by atoms with Crippen LogP contribution in [0.2, 0.25) is 0 Å². The molecule has 1 heterocycles. The molecule has 5 nitrogen and oxygen atoms in total. The standard InChI is InChI=1S/C17H22F2N2O3S/c1-2-24-16(23)12-6-5-9-21(10-12)11-15(22)20-13-7-3-4-8-14(13)25-17(18)19/h3-4,7-8,12,17H,2,5-6,9-11H2,1H3,(H,20,22). The molecule has 0 spiro atoms. The fourth-order valence-corrected chi connectivity index (χ4v) is 3.41. The number of likely N-dealkylation sites (tertiary alicyclic amines) is 1. The van der Waals surface area contributed by atoms with E-state index in [2.05, 4.69) is 5.32 Å². The molecule has 0 saturated carbocycles. The van der Waals surface area contributed by atoms with E-state index in [9.17, 15) is 18.4 Å². The molecule has 0 aliphatic carbocycles. The van der Waals surface area contributed by atoms with Crippen molar-refractivity contribution in [2.45, 2.75) is 30.4 Å². The summed E-state index contributed by atoms with van der Waals surface area (Å²) in [6, 6.07) is 6.47. The molecule has 1 saturated heterocycles. The Morgan fingerprint density at radius 1 is 1.40 bits per heavy atom. The summed E-state index contributed by atoms with van der Waals surface area (Å²) in [5.74, 6) is -3.29. The molecule has 0 radical (unpaired) electrons. The van der Waals surface area contributed by atoms with Gasteiger partial charge in [0.2, 0.25) is 5.91 Å². The lowest BCUT2D eigenvalue weighted by atomic mass is 9.98. The molecule has 2 rings (SSSR count). The van der Waals surface area contributed by atoms with Crippen molar-refractivity contribution >= 4 is 29.3 Å². The number of piperidine rings is 1. The Bertz CT molecular complexity index is 601. The normalized spacial score (nSPS) is 18.2. The van der Waals surface area contributed by atoms with Gasteiger partial charge in [0.05, 0.1) is 24.8 Å². The van der Waals surface area contributed by atoms with Crippen LogP contribution in [0.25, 0.3) is 0 Å². The van der Waals surface area contributed by atoms with Crippen LogP contribution in [-0.2, 0) is 14.3 Å². The zero-order valence-electron chi connectivity index (χ0n) is 14.0. The van der Waals surface area contributed by atoms with Crippen molar-refractivity contribution in [2.24, 2.45) is 5.92 Å². The Kier molecular flexibility index (Phi) is 7.64. The lowest BCUT2D eigenvalue weighted by Gasteiger charge is -2.30. The van der Waals surface area contributed by atoms with Gasteiger partial charge in [0.25, 0.3) is 5.76 Å². The minimum atomic E-state index is -2.55. The topological polar surface area (TPSA) is 58.6 Å². The number of nitrogens with zero attached hydrogens (tertiary/aromatic N) is 1. The number of hydrogen-bond acceptors (Lipinski definition) is 5. The predicted octanol–water partition coefficient (Wildman–Crippen LogP) is 3.21. The van der Waals surface area contributed by atoms with Gasteiger partial charge in [-0.25, -0.2) is 0 Å². The van der Waals surface area contributed by atoms with Gasteiger partial charge in [-0.1, -0.05) is 23.9 Å². The first-order chi connectivity index (χ1) is 12.0. The number of rotatable bonds is 7. The number of esters is 1. The first-order valence-electron chi connectivity index (χ1n) is 8.22. The molecule has 1 fully saturated rings. The average Bonchev–Trinajstić information content (AvgIpc) is 2.56. The average molecular weight is 372 g/mol. The Morgan fingerprint density at radius 2 is 2.16 bits per heavy atom. The number of nitrogens with one attached hydrogen (secondary N) is 1. The van der Waals surface area contributed by atoms with E-state index < -0.39 is 5.76 Å². The van der Waals surface area contributed by atoms with Crippen molar-refractivity contribution < 1.29 is 23.1 Å². The van der Waals surface area contributed by atoms with E-state index in [4.69, 9.17) is 4.74 Å². The summed E-state index contributed by atoms with van der Waals surface area (Å²) in [7, 11) is 0.